The number of hydrogen-bond acceptors (Lipinski definition) is 4. The summed E-state index contributed by atoms with van der Waals surface area (Å²) in [4.78, 5) is 2.78. The Morgan fingerprint density at radius 2 is 2.00 bits per heavy atom. The van der Waals surface area contributed by atoms with Crippen molar-refractivity contribution in [1.82, 2.24) is 0 Å². The van der Waals surface area contributed by atoms with Crippen molar-refractivity contribution < 1.29 is 14.6 Å². The summed E-state index contributed by atoms with van der Waals surface area (Å²) in [6, 6.07) is 7.53. The van der Waals surface area contributed by atoms with Crippen molar-refractivity contribution in [2.24, 2.45) is 5.11 Å². The molecular weight excluding hydrogens is 270 g/mol. The predicted octanol–water partition coefficient (Wildman–Crippen LogP) is 2.73. The Morgan fingerprint density at radius 1 is 1.33 bits per heavy atom. The Kier molecular flexibility index (Phi) is 4.85. The summed E-state index contributed by atoms with van der Waals surface area (Å²) in [5, 5.41) is 13.0. The van der Waals surface area contributed by atoms with Gasteiger partial charge in [-0.1, -0.05) is 34.9 Å². The lowest BCUT2D eigenvalue weighted by molar-refractivity contribution is -0.148. The van der Waals surface area contributed by atoms with Gasteiger partial charge in [0.15, 0.2) is 5.79 Å². The van der Waals surface area contributed by atoms with E-state index in [1.165, 1.54) is 5.56 Å². The molecule has 1 N–H and O–H groups in total. The number of aryl methyl sites for hydroxylation is 1. The maximum Gasteiger partial charge on any atom is 0.163 e. The second-order valence-electron chi connectivity index (χ2n) is 5.78. The molecule has 0 aromatic heterocycles. The molecule has 6 nitrogen and oxygen atoms in total. The van der Waals surface area contributed by atoms with Crippen molar-refractivity contribution in [3.05, 3.63) is 45.8 Å². The minimum Gasteiger partial charge on any atom is -0.396 e. The molecule has 2 rings (SSSR count). The normalized spacial score (nSPS) is 25.3. The van der Waals surface area contributed by atoms with Crippen molar-refractivity contribution in [2.45, 2.75) is 51.2 Å². The fraction of sp³-hybridized carbons (Fsp3) is 0.600. The Hall–Kier alpha value is -1.59. The predicted molar refractivity (Wildman–Crippen MR) is 78.7 cm³/mol. The molecule has 0 spiro atoms. The molecule has 6 heteroatoms. The lowest BCUT2D eigenvalue weighted by Gasteiger charge is -2.21. The Bertz CT molecular complexity index is 523. The Labute approximate surface area is 124 Å². The molecule has 0 saturated carbocycles. The highest BCUT2D eigenvalue weighted by Gasteiger charge is 2.44. The molecule has 0 bridgehead atoms. The summed E-state index contributed by atoms with van der Waals surface area (Å²) in [7, 11) is 0. The molecule has 0 unspecified atom stereocenters. The Balaban J connectivity index is 2.17. The number of nitrogens with zero attached hydrogens (tertiary/aromatic N) is 3. The highest BCUT2D eigenvalue weighted by Crippen LogP contribution is 2.32. The van der Waals surface area contributed by atoms with Crippen LogP contribution in [-0.2, 0) is 15.9 Å². The van der Waals surface area contributed by atoms with Crippen LogP contribution in [0.25, 0.3) is 10.4 Å². The van der Waals surface area contributed by atoms with E-state index >= 15 is 0 Å². The molecule has 21 heavy (non-hydrogen) atoms. The first-order valence-electron chi connectivity index (χ1n) is 7.01. The molecule has 1 aromatic carbocycles. The van der Waals surface area contributed by atoms with Gasteiger partial charge in [-0.25, -0.2) is 0 Å². The average Bonchev–Trinajstić information content (AvgIpc) is 2.73. The summed E-state index contributed by atoms with van der Waals surface area (Å²) in [6.07, 6.45) is -0.0706. The molecule has 0 aliphatic carbocycles. The monoisotopic (exact) mass is 291 g/mol. The zero-order valence-corrected chi connectivity index (χ0v) is 12.6. The first-order chi connectivity index (χ1) is 9.95. The zero-order valence-electron chi connectivity index (χ0n) is 12.6. The molecule has 114 valence electrons. The van der Waals surface area contributed by atoms with Gasteiger partial charge in [0.05, 0.1) is 24.9 Å². The quantitative estimate of drug-likeness (QED) is 0.514. The number of azide groups is 1. The van der Waals surface area contributed by atoms with Crippen LogP contribution in [-0.4, -0.2) is 35.8 Å². The molecule has 1 saturated heterocycles. The van der Waals surface area contributed by atoms with Crippen LogP contribution < -0.4 is 0 Å². The van der Waals surface area contributed by atoms with Crippen LogP contribution in [0, 0.1) is 6.92 Å². The van der Waals surface area contributed by atoms with Crippen molar-refractivity contribution >= 4 is 0 Å². The van der Waals surface area contributed by atoms with Gasteiger partial charge in [-0.2, -0.15) is 0 Å². The minimum atomic E-state index is -0.752. The van der Waals surface area contributed by atoms with Gasteiger partial charge in [-0.05, 0) is 31.9 Å². The average molecular weight is 291 g/mol. The van der Waals surface area contributed by atoms with E-state index in [9.17, 15) is 5.11 Å². The van der Waals surface area contributed by atoms with Crippen LogP contribution in [0.4, 0.5) is 0 Å². The Morgan fingerprint density at radius 3 is 2.57 bits per heavy atom. The maximum absolute atomic E-state index is 9.41. The number of ether oxygens (including phenoxy) is 2. The maximum atomic E-state index is 9.41. The number of hydrogen-bond donors (Lipinski definition) is 1. The van der Waals surface area contributed by atoms with Crippen LogP contribution in [0.2, 0.25) is 0 Å². The van der Waals surface area contributed by atoms with E-state index in [1.807, 2.05) is 45.0 Å². The van der Waals surface area contributed by atoms with Gasteiger partial charge in [0, 0.05) is 11.3 Å². The number of rotatable bonds is 5. The standard InChI is InChI=1S/C15H21N3O3/c1-10-4-6-11(7-5-10)8-13-14(12(9-19)17-18-16)21-15(2,3)20-13/h4-7,12-14,19H,8-9H2,1-3H3/t12-,13+,14-/m0/s1. The van der Waals surface area contributed by atoms with E-state index in [1.54, 1.807) is 0 Å². The lowest BCUT2D eigenvalue weighted by Crippen LogP contribution is -2.37. The lowest BCUT2D eigenvalue weighted by atomic mass is 9.99. The fourth-order valence-electron chi connectivity index (χ4n) is 2.58. The highest BCUT2D eigenvalue weighted by atomic mass is 16.8. The molecule has 1 fully saturated rings. The summed E-state index contributed by atoms with van der Waals surface area (Å²) < 4.78 is 11.7. The summed E-state index contributed by atoms with van der Waals surface area (Å²) in [6.45, 7) is 5.41. The van der Waals surface area contributed by atoms with Crippen LogP contribution in [0.5, 0.6) is 0 Å². The van der Waals surface area contributed by atoms with Crippen molar-refractivity contribution in [3.63, 3.8) is 0 Å². The van der Waals surface area contributed by atoms with E-state index in [4.69, 9.17) is 15.0 Å². The fourth-order valence-corrected chi connectivity index (χ4v) is 2.58. The van der Waals surface area contributed by atoms with Crippen molar-refractivity contribution in [3.8, 4) is 0 Å². The second-order valence-corrected chi connectivity index (χ2v) is 5.78. The molecule has 1 aromatic rings. The molecule has 1 heterocycles. The van der Waals surface area contributed by atoms with Crippen LogP contribution in [0.3, 0.4) is 0 Å². The van der Waals surface area contributed by atoms with E-state index < -0.39 is 17.9 Å². The SMILES string of the molecule is Cc1ccc(C[C@H]2OC(C)(C)O[C@H]2[C@H](CO)N=[N+]=[N-])cc1. The first kappa shape index (κ1) is 15.8. The van der Waals surface area contributed by atoms with E-state index in [0.29, 0.717) is 6.42 Å². The van der Waals surface area contributed by atoms with Gasteiger partial charge < -0.3 is 14.6 Å². The molecule has 1 aliphatic rings. The molecule has 1 aliphatic heterocycles. The van der Waals surface area contributed by atoms with Gasteiger partial charge in [0.1, 0.15) is 0 Å². The zero-order chi connectivity index (χ0) is 15.5. The molecule has 3 atom stereocenters. The molecule has 0 radical (unpaired) electrons. The molecular formula is C15H21N3O3. The van der Waals surface area contributed by atoms with Crippen LogP contribution in [0.15, 0.2) is 29.4 Å². The van der Waals surface area contributed by atoms with Gasteiger partial charge in [0.25, 0.3) is 0 Å². The minimum absolute atomic E-state index is 0.259. The van der Waals surface area contributed by atoms with E-state index in [0.717, 1.165) is 5.56 Å². The highest BCUT2D eigenvalue weighted by molar-refractivity contribution is 5.22. The number of benzene rings is 1. The molecule has 0 amide bonds. The van der Waals surface area contributed by atoms with Gasteiger partial charge >= 0.3 is 0 Å². The first-order valence-corrected chi connectivity index (χ1v) is 7.01. The smallest absolute Gasteiger partial charge is 0.163 e. The third kappa shape index (κ3) is 3.95. The van der Waals surface area contributed by atoms with Gasteiger partial charge in [-0.3, -0.25) is 0 Å². The van der Waals surface area contributed by atoms with Gasteiger partial charge in [0.2, 0.25) is 0 Å². The largest absolute Gasteiger partial charge is 0.396 e. The van der Waals surface area contributed by atoms with E-state index in [2.05, 4.69) is 10.0 Å². The summed E-state index contributed by atoms with van der Waals surface area (Å²) in [5.41, 5.74) is 10.9. The number of aliphatic hydroxyl groups excluding tert-OH is 1. The van der Waals surface area contributed by atoms with Crippen molar-refractivity contribution in [1.29, 1.82) is 0 Å². The van der Waals surface area contributed by atoms with Gasteiger partial charge in [-0.15, -0.1) is 0 Å². The topological polar surface area (TPSA) is 87.5 Å². The third-order valence-electron chi connectivity index (χ3n) is 3.55. The van der Waals surface area contributed by atoms with E-state index in [-0.39, 0.29) is 12.7 Å². The summed E-state index contributed by atoms with van der Waals surface area (Å²) in [5.74, 6) is -0.752. The second kappa shape index (κ2) is 6.45. The third-order valence-corrected chi connectivity index (χ3v) is 3.55. The van der Waals surface area contributed by atoms with Crippen LogP contribution in [0.1, 0.15) is 25.0 Å². The van der Waals surface area contributed by atoms with Crippen LogP contribution >= 0.6 is 0 Å². The summed E-state index contributed by atoms with van der Waals surface area (Å²) >= 11 is 0. The number of aliphatic hydroxyl groups is 1. The van der Waals surface area contributed by atoms with Crippen molar-refractivity contribution in [2.75, 3.05) is 6.61 Å².